The van der Waals surface area contributed by atoms with Crippen LogP contribution in [0.25, 0.3) is 0 Å². The van der Waals surface area contributed by atoms with Crippen molar-refractivity contribution >= 4 is 0 Å². The Kier molecular flexibility index (Phi) is 2.38. The summed E-state index contributed by atoms with van der Waals surface area (Å²) in [6.45, 7) is 9.34. The highest BCUT2D eigenvalue weighted by atomic mass is 16.5. The van der Waals surface area contributed by atoms with Gasteiger partial charge in [-0.3, -0.25) is 0 Å². The maximum Gasteiger partial charge on any atom is 0.0685 e. The van der Waals surface area contributed by atoms with Crippen LogP contribution in [0.1, 0.15) is 46.5 Å². The summed E-state index contributed by atoms with van der Waals surface area (Å²) in [5.74, 6) is 0.790. The normalized spacial score (nSPS) is 43.3. The van der Waals surface area contributed by atoms with Crippen LogP contribution in [0, 0.1) is 16.7 Å². The fraction of sp³-hybridized carbons (Fsp3) is 1.00. The van der Waals surface area contributed by atoms with Gasteiger partial charge < -0.3 is 10.1 Å². The lowest BCUT2D eigenvalue weighted by molar-refractivity contribution is -0.115. The molecule has 2 aliphatic carbocycles. The largest absolute Gasteiger partial charge is 0.377 e. The van der Waals surface area contributed by atoms with Crippen molar-refractivity contribution in [2.24, 2.45) is 16.7 Å². The van der Waals surface area contributed by atoms with Gasteiger partial charge in [-0.15, -0.1) is 0 Å². The van der Waals surface area contributed by atoms with Crippen LogP contribution in [0.4, 0.5) is 0 Å². The summed E-state index contributed by atoms with van der Waals surface area (Å²) >= 11 is 0. The van der Waals surface area contributed by atoms with Gasteiger partial charge in [0.1, 0.15) is 0 Å². The second-order valence-electron chi connectivity index (χ2n) is 7.09. The number of nitrogens with one attached hydrogen (secondary N) is 1. The van der Waals surface area contributed by atoms with Gasteiger partial charge in [0.25, 0.3) is 0 Å². The van der Waals surface area contributed by atoms with E-state index in [9.17, 15) is 0 Å². The van der Waals surface area contributed by atoms with Crippen molar-refractivity contribution in [3.05, 3.63) is 0 Å². The monoisotopic (exact) mass is 223 g/mol. The Bertz CT molecular complexity index is 282. The van der Waals surface area contributed by atoms with Crippen LogP contribution in [0.3, 0.4) is 0 Å². The predicted molar refractivity (Wildman–Crippen MR) is 65.4 cm³/mol. The van der Waals surface area contributed by atoms with Crippen molar-refractivity contribution in [2.45, 2.75) is 58.6 Å². The van der Waals surface area contributed by atoms with Gasteiger partial charge in [-0.1, -0.05) is 27.2 Å². The highest BCUT2D eigenvalue weighted by Gasteiger charge is 2.59. The molecule has 0 bridgehead atoms. The van der Waals surface area contributed by atoms with Crippen LogP contribution in [-0.4, -0.2) is 25.3 Å². The first kappa shape index (κ1) is 11.0. The summed E-state index contributed by atoms with van der Waals surface area (Å²) in [5.41, 5.74) is 0.946. The Morgan fingerprint density at radius 1 is 1.25 bits per heavy atom. The van der Waals surface area contributed by atoms with Crippen LogP contribution in [-0.2, 0) is 4.74 Å². The average Bonchev–Trinajstić information content (AvgIpc) is 2.61. The molecular weight excluding hydrogens is 198 g/mol. The zero-order chi connectivity index (χ0) is 11.4. The minimum absolute atomic E-state index is 0.348. The molecule has 1 heterocycles. The molecule has 2 heteroatoms. The summed E-state index contributed by atoms with van der Waals surface area (Å²) < 4.78 is 5.83. The van der Waals surface area contributed by atoms with Crippen LogP contribution in [0.15, 0.2) is 0 Å². The van der Waals surface area contributed by atoms with Gasteiger partial charge in [0.15, 0.2) is 0 Å². The highest BCUT2D eigenvalue weighted by molar-refractivity contribution is 5.11. The summed E-state index contributed by atoms with van der Waals surface area (Å²) in [5, 5.41) is 3.84. The van der Waals surface area contributed by atoms with Crippen LogP contribution in [0.2, 0.25) is 0 Å². The number of rotatable bonds is 3. The standard InChI is InChI=1S/C14H25NO/c1-13(2)11(10-5-8-16-12(10)13)15-9-14(3)6-4-7-14/h10-12,15H,4-9H2,1-3H3. The topological polar surface area (TPSA) is 21.3 Å². The third-order valence-corrected chi connectivity index (χ3v) is 5.41. The number of fused-ring (bicyclic) bond motifs is 1. The lowest BCUT2D eigenvalue weighted by atomic mass is 9.57. The maximum atomic E-state index is 5.83. The van der Waals surface area contributed by atoms with Crippen LogP contribution < -0.4 is 5.32 Å². The van der Waals surface area contributed by atoms with Gasteiger partial charge in [0.2, 0.25) is 0 Å². The number of ether oxygens (including phenoxy) is 1. The Morgan fingerprint density at radius 2 is 2.00 bits per heavy atom. The molecule has 2 saturated carbocycles. The summed E-state index contributed by atoms with van der Waals surface area (Å²) in [6, 6.07) is 0.692. The first-order valence-corrected chi connectivity index (χ1v) is 6.88. The van der Waals surface area contributed by atoms with E-state index in [1.807, 2.05) is 0 Å². The predicted octanol–water partition coefficient (Wildman–Crippen LogP) is 2.58. The zero-order valence-corrected chi connectivity index (χ0v) is 10.9. The molecule has 0 aromatic rings. The van der Waals surface area contributed by atoms with Crippen LogP contribution in [0.5, 0.6) is 0 Å². The second-order valence-corrected chi connectivity index (χ2v) is 7.09. The number of hydrogen-bond donors (Lipinski definition) is 1. The SMILES string of the molecule is CC1(CNC2C3CCOC3C2(C)C)CCC1. The van der Waals surface area contributed by atoms with Crippen molar-refractivity contribution in [3.8, 4) is 0 Å². The molecule has 92 valence electrons. The van der Waals surface area contributed by atoms with Gasteiger partial charge in [0.05, 0.1) is 6.10 Å². The molecule has 3 rings (SSSR count). The molecule has 3 unspecified atom stereocenters. The summed E-state index contributed by atoms with van der Waals surface area (Å²) in [6.07, 6.45) is 6.05. The Hall–Kier alpha value is -0.0800. The molecular formula is C14H25NO. The fourth-order valence-electron chi connectivity index (χ4n) is 4.05. The molecule has 0 radical (unpaired) electrons. The van der Waals surface area contributed by atoms with E-state index in [-0.39, 0.29) is 0 Å². The molecule has 3 fully saturated rings. The molecule has 16 heavy (non-hydrogen) atoms. The van der Waals surface area contributed by atoms with Crippen molar-refractivity contribution in [3.63, 3.8) is 0 Å². The molecule has 0 aromatic carbocycles. The minimum atomic E-state index is 0.348. The fourth-order valence-corrected chi connectivity index (χ4v) is 4.05. The highest BCUT2D eigenvalue weighted by Crippen LogP contribution is 2.52. The summed E-state index contributed by atoms with van der Waals surface area (Å²) in [7, 11) is 0. The van der Waals surface area contributed by atoms with E-state index in [1.54, 1.807) is 0 Å². The van der Waals surface area contributed by atoms with Crippen LogP contribution >= 0.6 is 0 Å². The average molecular weight is 223 g/mol. The van der Waals surface area contributed by atoms with Gasteiger partial charge in [0, 0.05) is 30.5 Å². The minimum Gasteiger partial charge on any atom is -0.377 e. The van der Waals surface area contributed by atoms with E-state index in [2.05, 4.69) is 26.1 Å². The third-order valence-electron chi connectivity index (χ3n) is 5.41. The Morgan fingerprint density at radius 3 is 2.62 bits per heavy atom. The lowest BCUT2D eigenvalue weighted by Crippen LogP contribution is -2.66. The quantitative estimate of drug-likeness (QED) is 0.794. The second kappa shape index (κ2) is 3.46. The van der Waals surface area contributed by atoms with E-state index in [1.165, 1.54) is 32.2 Å². The van der Waals surface area contributed by atoms with E-state index >= 15 is 0 Å². The molecule has 3 aliphatic rings. The van der Waals surface area contributed by atoms with E-state index in [4.69, 9.17) is 4.74 Å². The smallest absolute Gasteiger partial charge is 0.0685 e. The lowest BCUT2D eigenvalue weighted by Gasteiger charge is -2.56. The maximum absolute atomic E-state index is 5.83. The van der Waals surface area contributed by atoms with Crippen molar-refractivity contribution < 1.29 is 4.74 Å². The molecule has 1 aliphatic heterocycles. The molecule has 0 spiro atoms. The van der Waals surface area contributed by atoms with Crippen molar-refractivity contribution in [1.29, 1.82) is 0 Å². The molecule has 1 saturated heterocycles. The van der Waals surface area contributed by atoms with Crippen molar-refractivity contribution in [1.82, 2.24) is 5.32 Å². The van der Waals surface area contributed by atoms with Gasteiger partial charge in [-0.05, 0) is 24.7 Å². The third kappa shape index (κ3) is 1.46. The molecule has 2 nitrogen and oxygen atoms in total. The first-order valence-electron chi connectivity index (χ1n) is 6.88. The molecule has 0 aromatic heterocycles. The van der Waals surface area contributed by atoms with E-state index < -0.39 is 0 Å². The first-order chi connectivity index (χ1) is 7.53. The van der Waals surface area contributed by atoms with E-state index in [0.717, 1.165) is 12.5 Å². The zero-order valence-electron chi connectivity index (χ0n) is 10.9. The Labute approximate surface area is 99.1 Å². The molecule has 0 amide bonds. The van der Waals surface area contributed by atoms with Crippen molar-refractivity contribution in [2.75, 3.05) is 13.2 Å². The summed E-state index contributed by atoms with van der Waals surface area (Å²) in [4.78, 5) is 0. The van der Waals surface area contributed by atoms with Gasteiger partial charge in [-0.2, -0.15) is 0 Å². The Balaban J connectivity index is 1.58. The molecule has 3 atom stereocenters. The molecule has 1 N–H and O–H groups in total. The van der Waals surface area contributed by atoms with Gasteiger partial charge >= 0.3 is 0 Å². The van der Waals surface area contributed by atoms with E-state index in [0.29, 0.717) is 23.0 Å². The number of hydrogen-bond acceptors (Lipinski definition) is 2. The van der Waals surface area contributed by atoms with Gasteiger partial charge in [-0.25, -0.2) is 0 Å².